The molecule has 0 spiro atoms. The first-order valence-corrected chi connectivity index (χ1v) is 23.1. The third-order valence-corrected chi connectivity index (χ3v) is 10.2. The summed E-state index contributed by atoms with van der Waals surface area (Å²) in [6, 6.07) is -0.806. The zero-order chi connectivity index (χ0) is 40.0. The highest BCUT2D eigenvalue weighted by Gasteiger charge is 2.28. The van der Waals surface area contributed by atoms with E-state index in [-0.39, 0.29) is 19.1 Å². The van der Waals surface area contributed by atoms with E-state index in [1.807, 2.05) is 21.1 Å². The van der Waals surface area contributed by atoms with Crippen LogP contribution in [-0.2, 0) is 18.4 Å². The first-order valence-electron chi connectivity index (χ1n) is 21.7. The summed E-state index contributed by atoms with van der Waals surface area (Å²) in [6.07, 6.45) is 46.9. The van der Waals surface area contributed by atoms with E-state index < -0.39 is 20.0 Å². The molecule has 3 N–H and O–H groups in total. The molecule has 0 aromatic carbocycles. The average molecular weight is 780 g/mol. The average Bonchev–Trinajstić information content (AvgIpc) is 3.12. The second-order valence-corrected chi connectivity index (χ2v) is 17.2. The Morgan fingerprint density at radius 2 is 1.06 bits per heavy atom. The second-order valence-electron chi connectivity index (χ2n) is 15.7. The third-order valence-electron chi connectivity index (χ3n) is 9.24. The molecule has 0 bridgehead atoms. The van der Waals surface area contributed by atoms with Crippen LogP contribution in [0.5, 0.6) is 0 Å². The van der Waals surface area contributed by atoms with Crippen molar-refractivity contribution in [3.8, 4) is 0 Å². The van der Waals surface area contributed by atoms with E-state index in [0.717, 1.165) is 51.4 Å². The number of unbranched alkanes of at least 4 members (excludes halogenated alkanes) is 15. The van der Waals surface area contributed by atoms with Gasteiger partial charge in [-0.1, -0.05) is 145 Å². The molecule has 0 heterocycles. The van der Waals surface area contributed by atoms with Crippen LogP contribution in [-0.4, -0.2) is 73.4 Å². The number of quaternary nitrogens is 1. The zero-order valence-electron chi connectivity index (χ0n) is 35.4. The summed E-state index contributed by atoms with van der Waals surface area (Å²) >= 11 is 0. The summed E-state index contributed by atoms with van der Waals surface area (Å²) < 4.78 is 23.5. The van der Waals surface area contributed by atoms with E-state index in [4.69, 9.17) is 9.05 Å². The maximum Gasteiger partial charge on any atom is 0.472 e. The van der Waals surface area contributed by atoms with E-state index in [1.54, 1.807) is 0 Å². The van der Waals surface area contributed by atoms with Crippen molar-refractivity contribution in [2.75, 3.05) is 40.9 Å². The Balaban J connectivity index is 4.49. The van der Waals surface area contributed by atoms with Crippen molar-refractivity contribution in [3.05, 3.63) is 60.8 Å². The maximum absolute atomic E-state index is 12.8. The van der Waals surface area contributed by atoms with Crippen LogP contribution in [0.25, 0.3) is 0 Å². The fraction of sp³-hybridized carbons (Fsp3) is 0.756. The number of rotatable bonds is 38. The minimum Gasteiger partial charge on any atom is -0.391 e. The first-order chi connectivity index (χ1) is 26.0. The molecule has 8 nitrogen and oxygen atoms in total. The number of aliphatic hydroxyl groups excluding tert-OH is 1. The largest absolute Gasteiger partial charge is 0.472 e. The first kappa shape index (κ1) is 52.2. The molecule has 0 rings (SSSR count). The Kier molecular flexibility index (Phi) is 35.6. The van der Waals surface area contributed by atoms with Crippen molar-refractivity contribution < 1.29 is 32.9 Å². The summed E-state index contributed by atoms with van der Waals surface area (Å²) in [5.41, 5.74) is 0. The maximum atomic E-state index is 12.8. The second kappa shape index (κ2) is 36.8. The highest BCUT2D eigenvalue weighted by atomic mass is 31.2. The standard InChI is InChI=1S/C45H83N2O6P/c1-6-8-10-12-14-16-18-19-20-21-22-23-24-25-26-27-29-31-33-35-37-39-45(49)46-43(42-53-54(50,51)52-41-40-47(3,4)5)44(48)38-36-34-32-30-28-17-15-13-11-9-7-2/h20-21,23-24,26-28,30-31,33,43-44,48H,6-19,22,25,29,32,34-42H2,1-5H3,(H-,46,49,50,51)/p+1/b21-20+,24-23+,27-26+,30-28+,33-31+/t43-,44+/m0/s1. The van der Waals surface area contributed by atoms with Gasteiger partial charge < -0.3 is 19.8 Å². The summed E-state index contributed by atoms with van der Waals surface area (Å²) in [4.78, 5) is 23.1. The molecule has 0 fully saturated rings. The third kappa shape index (κ3) is 38.5. The number of phosphoric acid groups is 1. The van der Waals surface area contributed by atoms with Crippen LogP contribution in [0.15, 0.2) is 60.8 Å². The summed E-state index contributed by atoms with van der Waals surface area (Å²) in [6.45, 7) is 4.77. The quantitative estimate of drug-likeness (QED) is 0.0249. The van der Waals surface area contributed by atoms with Gasteiger partial charge >= 0.3 is 7.82 Å². The number of allylic oxidation sites excluding steroid dienone is 10. The molecule has 0 saturated carbocycles. The van der Waals surface area contributed by atoms with Crippen LogP contribution in [0.4, 0.5) is 0 Å². The van der Waals surface area contributed by atoms with E-state index >= 15 is 0 Å². The molecule has 314 valence electrons. The number of carbonyl (C=O) groups excluding carboxylic acids is 1. The molecule has 0 aromatic heterocycles. The van der Waals surface area contributed by atoms with Gasteiger partial charge in [0.25, 0.3) is 0 Å². The van der Waals surface area contributed by atoms with Gasteiger partial charge in [0.05, 0.1) is 39.9 Å². The van der Waals surface area contributed by atoms with Crippen molar-refractivity contribution >= 4 is 13.7 Å². The highest BCUT2D eigenvalue weighted by molar-refractivity contribution is 7.47. The Morgan fingerprint density at radius 1 is 0.630 bits per heavy atom. The number of phosphoric ester groups is 1. The Hall–Kier alpha value is -1.80. The number of carbonyl (C=O) groups is 1. The van der Waals surface area contributed by atoms with Crippen LogP contribution < -0.4 is 5.32 Å². The molecule has 0 aliphatic carbocycles. The van der Waals surface area contributed by atoms with Crippen molar-refractivity contribution in [1.82, 2.24) is 5.32 Å². The molecular formula is C45H84N2O6P+. The van der Waals surface area contributed by atoms with E-state index in [9.17, 15) is 19.4 Å². The van der Waals surface area contributed by atoms with Gasteiger partial charge in [0, 0.05) is 6.42 Å². The zero-order valence-corrected chi connectivity index (χ0v) is 36.3. The predicted octanol–water partition coefficient (Wildman–Crippen LogP) is 11.9. The number of hydrogen-bond acceptors (Lipinski definition) is 5. The lowest BCUT2D eigenvalue weighted by molar-refractivity contribution is -0.870. The summed E-state index contributed by atoms with van der Waals surface area (Å²) in [5, 5.41) is 13.8. The van der Waals surface area contributed by atoms with Gasteiger partial charge in [-0.05, 0) is 77.0 Å². The Morgan fingerprint density at radius 3 is 1.56 bits per heavy atom. The van der Waals surface area contributed by atoms with Crippen molar-refractivity contribution in [2.24, 2.45) is 0 Å². The molecule has 1 unspecified atom stereocenters. The lowest BCUT2D eigenvalue weighted by Crippen LogP contribution is -2.46. The fourth-order valence-corrected chi connectivity index (χ4v) is 6.47. The van der Waals surface area contributed by atoms with Gasteiger partial charge in [-0.2, -0.15) is 0 Å². The van der Waals surface area contributed by atoms with E-state index in [1.165, 1.54) is 83.5 Å². The van der Waals surface area contributed by atoms with E-state index in [2.05, 4.69) is 79.9 Å². The number of nitrogens with one attached hydrogen (secondary N) is 1. The minimum absolute atomic E-state index is 0.0563. The monoisotopic (exact) mass is 780 g/mol. The lowest BCUT2D eigenvalue weighted by Gasteiger charge is -2.26. The highest BCUT2D eigenvalue weighted by Crippen LogP contribution is 2.43. The van der Waals surface area contributed by atoms with Crippen LogP contribution in [0, 0.1) is 0 Å². The molecule has 54 heavy (non-hydrogen) atoms. The smallest absolute Gasteiger partial charge is 0.391 e. The van der Waals surface area contributed by atoms with Gasteiger partial charge in [-0.25, -0.2) is 4.57 Å². The lowest BCUT2D eigenvalue weighted by atomic mass is 10.0. The van der Waals surface area contributed by atoms with Gasteiger partial charge in [-0.3, -0.25) is 13.8 Å². The molecule has 9 heteroatoms. The van der Waals surface area contributed by atoms with Crippen LogP contribution in [0.2, 0.25) is 0 Å². The van der Waals surface area contributed by atoms with E-state index in [0.29, 0.717) is 30.3 Å². The molecule has 0 aromatic rings. The van der Waals surface area contributed by atoms with Gasteiger partial charge in [-0.15, -0.1) is 0 Å². The molecule has 1 amide bonds. The van der Waals surface area contributed by atoms with Crippen molar-refractivity contribution in [3.63, 3.8) is 0 Å². The minimum atomic E-state index is -4.33. The number of hydrogen-bond donors (Lipinski definition) is 3. The number of nitrogens with zero attached hydrogens (tertiary/aromatic N) is 1. The normalized spacial score (nSPS) is 15.0. The van der Waals surface area contributed by atoms with Gasteiger partial charge in [0.15, 0.2) is 0 Å². The Labute approximate surface area is 332 Å². The van der Waals surface area contributed by atoms with Gasteiger partial charge in [0.2, 0.25) is 5.91 Å². The van der Waals surface area contributed by atoms with Crippen LogP contribution >= 0.6 is 7.82 Å². The van der Waals surface area contributed by atoms with Crippen LogP contribution in [0.3, 0.4) is 0 Å². The number of likely N-dealkylation sites (N-methyl/N-ethyl adjacent to an activating group) is 1. The van der Waals surface area contributed by atoms with Crippen molar-refractivity contribution in [2.45, 2.75) is 180 Å². The van der Waals surface area contributed by atoms with Crippen molar-refractivity contribution in [1.29, 1.82) is 0 Å². The molecule has 0 aliphatic rings. The Bertz CT molecular complexity index is 1060. The molecule has 0 aliphatic heterocycles. The predicted molar refractivity (Wildman–Crippen MR) is 230 cm³/mol. The molecule has 3 atom stereocenters. The number of aliphatic hydroxyl groups is 1. The SMILES string of the molecule is CCCCCCC/C=C/CCCC[C@@H](O)[C@H](COP(=O)(O)OCC[N+](C)(C)C)NC(=O)CCC/C=C/C/C=C/C/C=C/C/C=C/CCCCCCCCC. The van der Waals surface area contributed by atoms with Gasteiger partial charge in [0.1, 0.15) is 13.2 Å². The number of amides is 1. The molecular weight excluding hydrogens is 695 g/mol. The molecule has 0 radical (unpaired) electrons. The topological polar surface area (TPSA) is 105 Å². The summed E-state index contributed by atoms with van der Waals surface area (Å²) in [7, 11) is 1.55. The summed E-state index contributed by atoms with van der Waals surface area (Å²) in [5.74, 6) is -0.212. The molecule has 0 saturated heterocycles. The van der Waals surface area contributed by atoms with Crippen LogP contribution in [0.1, 0.15) is 168 Å². The fourth-order valence-electron chi connectivity index (χ4n) is 5.74.